The summed E-state index contributed by atoms with van der Waals surface area (Å²) in [5.74, 6) is -0.914. The van der Waals surface area contributed by atoms with E-state index in [0.29, 0.717) is 24.0 Å². The van der Waals surface area contributed by atoms with Crippen LogP contribution in [0.2, 0.25) is 9.73 Å². The van der Waals surface area contributed by atoms with E-state index in [-0.39, 0.29) is 29.0 Å². The fourth-order valence-electron chi connectivity index (χ4n) is 4.65. The Hall–Kier alpha value is -2.09. The number of aromatic nitrogens is 1. The number of benzene rings is 1. The third-order valence-electron chi connectivity index (χ3n) is 6.76. The topological polar surface area (TPSA) is 100 Å². The molecule has 2 aliphatic heterocycles. The number of thiazole rings is 1. The number of rotatable bonds is 6. The molecule has 3 heterocycles. The number of aliphatic carboxylic acids is 1. The second kappa shape index (κ2) is 11.0. The van der Waals surface area contributed by atoms with Crippen LogP contribution < -0.4 is 3.80 Å². The predicted octanol–water partition coefficient (Wildman–Crippen LogP) is 4.02. The summed E-state index contributed by atoms with van der Waals surface area (Å²) in [6, 6.07) is 4.53. The summed E-state index contributed by atoms with van der Waals surface area (Å²) in [5, 5.41) is 10.5. The summed E-state index contributed by atoms with van der Waals surface area (Å²) in [6.45, 7) is 11.0. The maximum atomic E-state index is 13.8. The van der Waals surface area contributed by atoms with E-state index in [1.54, 1.807) is 22.3 Å². The molecular formula is C26H33AsClN3O5S. The number of amides is 2. The predicted molar refractivity (Wildman–Crippen MR) is 145 cm³/mol. The Morgan fingerprint density at radius 1 is 1.24 bits per heavy atom. The Morgan fingerprint density at radius 2 is 1.97 bits per heavy atom. The van der Waals surface area contributed by atoms with Crippen LogP contribution in [0.25, 0.3) is 0 Å². The van der Waals surface area contributed by atoms with E-state index < -0.39 is 40.0 Å². The van der Waals surface area contributed by atoms with Crippen molar-refractivity contribution in [1.82, 2.24) is 14.8 Å². The molecule has 1 aromatic carbocycles. The van der Waals surface area contributed by atoms with Crippen molar-refractivity contribution in [2.75, 3.05) is 6.54 Å². The van der Waals surface area contributed by atoms with Gasteiger partial charge in [-0.25, -0.2) is 0 Å². The standard InChI is InChI=1S/C26H33AsClN3O5S/c1-14(2)20-10-29-24(37-20)27-21(26(3,4)5)22(32)31-12-16(9-19(31)23(33)34)36-25(35)30-11-15-7-6-8-18(28)17(15)13-30/h6-8,10,14,16,19,21,27H,9,11-13H2,1-5H3,(H,33,34). The van der Waals surface area contributed by atoms with Crippen molar-refractivity contribution in [2.45, 2.75) is 76.9 Å². The summed E-state index contributed by atoms with van der Waals surface area (Å²) in [4.78, 5) is 47.6. The van der Waals surface area contributed by atoms with Crippen molar-refractivity contribution in [2.24, 2.45) is 5.41 Å². The number of carboxylic acid groups (broad SMARTS) is 1. The number of carbonyl (C=O) groups is 3. The van der Waals surface area contributed by atoms with Gasteiger partial charge >= 0.3 is 234 Å². The van der Waals surface area contributed by atoms with Gasteiger partial charge in [-0.3, -0.25) is 0 Å². The molecule has 0 spiro atoms. The van der Waals surface area contributed by atoms with Gasteiger partial charge in [0.2, 0.25) is 0 Å². The molecule has 1 N–H and O–H groups in total. The van der Waals surface area contributed by atoms with Gasteiger partial charge in [-0.2, -0.15) is 0 Å². The number of nitrogens with zero attached hydrogens (tertiary/aromatic N) is 3. The first-order valence-corrected chi connectivity index (χ1v) is 15.8. The van der Waals surface area contributed by atoms with E-state index in [1.165, 1.54) is 9.78 Å². The number of hydrogen-bond donors (Lipinski definition) is 1. The number of carbonyl (C=O) groups excluding carboxylic acids is 2. The number of hydrogen-bond acceptors (Lipinski definition) is 6. The van der Waals surface area contributed by atoms with Crippen LogP contribution in [0, 0.1) is 5.41 Å². The molecule has 1 fully saturated rings. The van der Waals surface area contributed by atoms with Crippen LogP contribution in [-0.2, 0) is 27.4 Å². The van der Waals surface area contributed by atoms with Crippen LogP contribution in [0.15, 0.2) is 24.4 Å². The molecule has 4 atom stereocenters. The van der Waals surface area contributed by atoms with Gasteiger partial charge in [0.1, 0.15) is 0 Å². The molecule has 0 radical (unpaired) electrons. The number of carboxylic acids is 1. The molecule has 8 nitrogen and oxygen atoms in total. The molecule has 4 rings (SSSR count). The van der Waals surface area contributed by atoms with Crippen molar-refractivity contribution in [3.63, 3.8) is 0 Å². The van der Waals surface area contributed by atoms with Gasteiger partial charge in [0.25, 0.3) is 0 Å². The van der Waals surface area contributed by atoms with E-state index in [4.69, 9.17) is 16.3 Å². The van der Waals surface area contributed by atoms with Gasteiger partial charge in [0.05, 0.1) is 0 Å². The average Bonchev–Trinajstić information content (AvgIpc) is 3.54. The Morgan fingerprint density at radius 3 is 2.57 bits per heavy atom. The van der Waals surface area contributed by atoms with Crippen LogP contribution >= 0.6 is 22.9 Å². The SMILES string of the molecule is CC(C)c1cnc([AsH]C(C(=O)N2CC(OC(=O)N3Cc4cccc(Cl)c4C3)CC2C(=O)O)C(C)(C)C)s1. The Bertz CT molecular complexity index is 1200. The molecule has 1 aromatic heterocycles. The summed E-state index contributed by atoms with van der Waals surface area (Å²) in [5.41, 5.74) is 1.50. The first kappa shape index (κ1) is 27.9. The van der Waals surface area contributed by atoms with Crippen LogP contribution in [-0.4, -0.2) is 72.3 Å². The zero-order valence-electron chi connectivity index (χ0n) is 21.7. The van der Waals surface area contributed by atoms with E-state index in [0.717, 1.165) is 14.9 Å². The van der Waals surface area contributed by atoms with Gasteiger partial charge < -0.3 is 0 Å². The summed E-state index contributed by atoms with van der Waals surface area (Å²) >= 11 is 6.94. The molecule has 4 unspecified atom stereocenters. The van der Waals surface area contributed by atoms with E-state index >= 15 is 0 Å². The first-order valence-electron chi connectivity index (χ1n) is 12.3. The molecule has 0 aliphatic carbocycles. The van der Waals surface area contributed by atoms with E-state index in [1.807, 2.05) is 39.1 Å². The van der Waals surface area contributed by atoms with E-state index in [9.17, 15) is 19.5 Å². The quantitative estimate of drug-likeness (QED) is 0.497. The van der Waals surface area contributed by atoms with Crippen molar-refractivity contribution in [1.29, 1.82) is 0 Å². The summed E-state index contributed by atoms with van der Waals surface area (Å²) < 4.78 is 6.37. The molecule has 0 bridgehead atoms. The molecule has 2 aliphatic rings. The second-order valence-corrected chi connectivity index (χ2v) is 16.0. The minimum atomic E-state index is -1.09. The molecule has 1 saturated heterocycles. The van der Waals surface area contributed by atoms with Crippen molar-refractivity contribution in [3.8, 4) is 0 Å². The third kappa shape index (κ3) is 6.15. The number of fused-ring (bicyclic) bond motifs is 1. The van der Waals surface area contributed by atoms with Crippen LogP contribution in [0.3, 0.4) is 0 Å². The zero-order valence-corrected chi connectivity index (χ0v) is 25.3. The van der Waals surface area contributed by atoms with Crippen LogP contribution in [0.5, 0.6) is 0 Å². The van der Waals surface area contributed by atoms with Gasteiger partial charge in [0.15, 0.2) is 0 Å². The van der Waals surface area contributed by atoms with Crippen molar-refractivity contribution < 1.29 is 24.2 Å². The fourth-order valence-corrected chi connectivity index (χ4v) is 9.68. The van der Waals surface area contributed by atoms with Crippen molar-refractivity contribution >= 4 is 60.5 Å². The van der Waals surface area contributed by atoms with Crippen LogP contribution in [0.4, 0.5) is 4.79 Å². The Balaban J connectivity index is 1.46. The van der Waals surface area contributed by atoms with E-state index in [2.05, 4.69) is 18.8 Å². The minimum absolute atomic E-state index is 0.0664. The number of halogens is 1. The number of likely N-dealkylation sites (tertiary alicyclic amines) is 1. The van der Waals surface area contributed by atoms with Gasteiger partial charge in [-0.05, 0) is 0 Å². The monoisotopic (exact) mass is 609 g/mol. The summed E-state index contributed by atoms with van der Waals surface area (Å²) in [6.07, 6.45) is 0.735. The fraction of sp³-hybridized carbons (Fsp3) is 0.538. The Kier molecular flexibility index (Phi) is 8.27. The van der Waals surface area contributed by atoms with Gasteiger partial charge in [0, 0.05) is 0 Å². The molecule has 2 aromatic rings. The maximum absolute atomic E-state index is 13.8. The molecule has 0 saturated carbocycles. The van der Waals surface area contributed by atoms with Gasteiger partial charge in [-0.15, -0.1) is 0 Å². The number of ether oxygens (including phenoxy) is 1. The van der Waals surface area contributed by atoms with Crippen molar-refractivity contribution in [3.05, 3.63) is 45.4 Å². The molecule has 2 amide bonds. The summed E-state index contributed by atoms with van der Waals surface area (Å²) in [7, 11) is 0. The molecule has 200 valence electrons. The second-order valence-electron chi connectivity index (χ2n) is 11.0. The van der Waals surface area contributed by atoms with Gasteiger partial charge in [-0.1, -0.05) is 0 Å². The zero-order chi connectivity index (χ0) is 27.1. The third-order valence-corrected chi connectivity index (χ3v) is 13.2. The molecular weight excluding hydrogens is 577 g/mol. The normalized spacial score (nSPS) is 20.6. The molecule has 11 heteroatoms. The van der Waals surface area contributed by atoms with Crippen LogP contribution in [0.1, 0.15) is 63.0 Å². The first-order chi connectivity index (χ1) is 17.3. The molecule has 37 heavy (non-hydrogen) atoms. The Labute approximate surface area is 233 Å². The average molecular weight is 610 g/mol.